The lowest BCUT2D eigenvalue weighted by Crippen LogP contribution is -2.46. The third kappa shape index (κ3) is 4.81. The van der Waals surface area contributed by atoms with Gasteiger partial charge in [0, 0.05) is 29.7 Å². The van der Waals surface area contributed by atoms with Crippen molar-refractivity contribution in [2.45, 2.75) is 32.2 Å². The van der Waals surface area contributed by atoms with E-state index in [2.05, 4.69) is 26.6 Å². The van der Waals surface area contributed by atoms with E-state index in [1.165, 1.54) is 11.2 Å². The average molecular weight is 448 g/mol. The summed E-state index contributed by atoms with van der Waals surface area (Å²) in [5.41, 5.74) is 1.69. The molecule has 3 amide bonds. The second-order valence-electron chi connectivity index (χ2n) is 6.68. The van der Waals surface area contributed by atoms with Crippen molar-refractivity contribution in [3.05, 3.63) is 52.4 Å². The van der Waals surface area contributed by atoms with Crippen molar-refractivity contribution >= 4 is 39.3 Å². The van der Waals surface area contributed by atoms with Crippen LogP contribution < -0.4 is 10.6 Å². The number of amides is 3. The maximum Gasteiger partial charge on any atom is 0.290 e. The van der Waals surface area contributed by atoms with E-state index in [-0.39, 0.29) is 36.4 Å². The first-order valence-electron chi connectivity index (χ1n) is 9.14. The molecule has 148 valence electrons. The molecule has 28 heavy (non-hydrogen) atoms. The SMILES string of the molecule is Cc1ccc(Br)cc1NC(=O)CCNC(=O)C1CCCN1C(=O)c1ccco1. The molecule has 0 saturated carbocycles. The molecule has 1 aliphatic heterocycles. The van der Waals surface area contributed by atoms with E-state index in [9.17, 15) is 14.4 Å². The number of hydrogen-bond donors (Lipinski definition) is 2. The first-order valence-corrected chi connectivity index (χ1v) is 9.93. The van der Waals surface area contributed by atoms with Crippen LogP contribution in [0.4, 0.5) is 5.69 Å². The van der Waals surface area contributed by atoms with E-state index in [4.69, 9.17) is 4.42 Å². The molecular weight excluding hydrogens is 426 g/mol. The lowest BCUT2D eigenvalue weighted by atomic mass is 10.2. The standard InChI is InChI=1S/C20H22BrN3O4/c1-13-6-7-14(21)12-15(13)23-18(25)8-9-22-19(26)16-4-2-10-24(16)20(27)17-5-3-11-28-17/h3,5-7,11-12,16H,2,4,8-10H2,1H3,(H,22,26)(H,23,25). The molecule has 0 spiro atoms. The maximum atomic E-state index is 12.5. The Morgan fingerprint density at radius 3 is 2.86 bits per heavy atom. The Kier molecular flexibility index (Phi) is 6.51. The molecular formula is C20H22BrN3O4. The fraction of sp³-hybridized carbons (Fsp3) is 0.350. The number of carbonyl (C=O) groups excluding carboxylic acids is 3. The van der Waals surface area contributed by atoms with Crippen LogP contribution in [0.3, 0.4) is 0 Å². The van der Waals surface area contributed by atoms with Crippen LogP contribution in [0.15, 0.2) is 45.5 Å². The van der Waals surface area contributed by atoms with Gasteiger partial charge < -0.3 is 20.0 Å². The molecule has 2 heterocycles. The predicted octanol–water partition coefficient (Wildman–Crippen LogP) is 3.10. The van der Waals surface area contributed by atoms with E-state index in [0.717, 1.165) is 22.1 Å². The maximum absolute atomic E-state index is 12.5. The van der Waals surface area contributed by atoms with E-state index < -0.39 is 6.04 Å². The largest absolute Gasteiger partial charge is 0.459 e. The summed E-state index contributed by atoms with van der Waals surface area (Å²) in [5.74, 6) is -0.491. The number of aryl methyl sites for hydroxylation is 1. The molecule has 1 aromatic carbocycles. The van der Waals surface area contributed by atoms with Crippen LogP contribution in [-0.2, 0) is 9.59 Å². The van der Waals surface area contributed by atoms with Crippen LogP contribution in [0.5, 0.6) is 0 Å². The number of benzene rings is 1. The van der Waals surface area contributed by atoms with Crippen LogP contribution in [0.1, 0.15) is 35.4 Å². The number of carbonyl (C=O) groups is 3. The third-order valence-corrected chi connectivity index (χ3v) is 5.17. The number of halogens is 1. The van der Waals surface area contributed by atoms with Crippen LogP contribution >= 0.6 is 15.9 Å². The first-order chi connectivity index (χ1) is 13.5. The molecule has 0 bridgehead atoms. The summed E-state index contributed by atoms with van der Waals surface area (Å²) in [6, 6.07) is 8.35. The van der Waals surface area contributed by atoms with Gasteiger partial charge in [-0.15, -0.1) is 0 Å². The highest BCUT2D eigenvalue weighted by molar-refractivity contribution is 9.10. The van der Waals surface area contributed by atoms with Gasteiger partial charge in [-0.05, 0) is 49.6 Å². The van der Waals surface area contributed by atoms with Crippen molar-refractivity contribution < 1.29 is 18.8 Å². The summed E-state index contributed by atoms with van der Waals surface area (Å²) in [6.45, 7) is 2.63. The molecule has 2 aromatic rings. The quantitative estimate of drug-likeness (QED) is 0.711. The van der Waals surface area contributed by atoms with Crippen molar-refractivity contribution in [1.29, 1.82) is 0 Å². The zero-order valence-corrected chi connectivity index (χ0v) is 17.1. The van der Waals surface area contributed by atoms with Crippen molar-refractivity contribution in [3.8, 4) is 0 Å². The van der Waals surface area contributed by atoms with Crippen molar-refractivity contribution in [2.75, 3.05) is 18.4 Å². The highest BCUT2D eigenvalue weighted by Gasteiger charge is 2.35. The zero-order chi connectivity index (χ0) is 20.1. The van der Waals surface area contributed by atoms with Crippen molar-refractivity contribution in [1.82, 2.24) is 10.2 Å². The lowest BCUT2D eigenvalue weighted by Gasteiger charge is -2.23. The summed E-state index contributed by atoms with van der Waals surface area (Å²) >= 11 is 3.38. The second-order valence-corrected chi connectivity index (χ2v) is 7.60. The van der Waals surface area contributed by atoms with Crippen LogP contribution in [0, 0.1) is 6.92 Å². The molecule has 7 nitrogen and oxygen atoms in total. The van der Waals surface area contributed by atoms with E-state index >= 15 is 0 Å². The Morgan fingerprint density at radius 2 is 2.11 bits per heavy atom. The highest BCUT2D eigenvalue weighted by Crippen LogP contribution is 2.21. The molecule has 3 rings (SSSR count). The van der Waals surface area contributed by atoms with Crippen LogP contribution in [0.25, 0.3) is 0 Å². The molecule has 0 radical (unpaired) electrons. The Labute approximate surface area is 171 Å². The molecule has 0 aliphatic carbocycles. The van der Waals surface area contributed by atoms with Gasteiger partial charge in [-0.1, -0.05) is 22.0 Å². The molecule has 1 aromatic heterocycles. The fourth-order valence-electron chi connectivity index (χ4n) is 3.18. The number of nitrogens with one attached hydrogen (secondary N) is 2. The molecule has 1 fully saturated rings. The van der Waals surface area contributed by atoms with Crippen LogP contribution in [0.2, 0.25) is 0 Å². The summed E-state index contributed by atoms with van der Waals surface area (Å²) in [7, 11) is 0. The van der Waals surface area contributed by atoms with Gasteiger partial charge in [-0.3, -0.25) is 14.4 Å². The van der Waals surface area contributed by atoms with Gasteiger partial charge >= 0.3 is 0 Å². The van der Waals surface area contributed by atoms with Gasteiger partial charge in [0.15, 0.2) is 5.76 Å². The minimum atomic E-state index is -0.534. The minimum Gasteiger partial charge on any atom is -0.459 e. The summed E-state index contributed by atoms with van der Waals surface area (Å²) in [6.07, 6.45) is 2.94. The second kappa shape index (κ2) is 9.05. The smallest absolute Gasteiger partial charge is 0.290 e. The summed E-state index contributed by atoms with van der Waals surface area (Å²) in [4.78, 5) is 38.6. The van der Waals surface area contributed by atoms with E-state index in [1.54, 1.807) is 12.1 Å². The molecule has 1 aliphatic rings. The number of hydrogen-bond acceptors (Lipinski definition) is 4. The molecule has 8 heteroatoms. The minimum absolute atomic E-state index is 0.149. The van der Waals surface area contributed by atoms with Gasteiger partial charge in [-0.2, -0.15) is 0 Å². The van der Waals surface area contributed by atoms with Crippen molar-refractivity contribution in [3.63, 3.8) is 0 Å². The Hall–Kier alpha value is -2.61. The lowest BCUT2D eigenvalue weighted by molar-refractivity contribution is -0.125. The van der Waals surface area contributed by atoms with Gasteiger partial charge in [0.2, 0.25) is 11.8 Å². The normalized spacial score (nSPS) is 16.1. The molecule has 1 saturated heterocycles. The Balaban J connectivity index is 1.49. The van der Waals surface area contributed by atoms with Gasteiger partial charge in [0.1, 0.15) is 6.04 Å². The zero-order valence-electron chi connectivity index (χ0n) is 15.5. The molecule has 1 atom stereocenters. The fourth-order valence-corrected chi connectivity index (χ4v) is 3.54. The molecule has 1 unspecified atom stereocenters. The third-order valence-electron chi connectivity index (χ3n) is 4.67. The monoisotopic (exact) mass is 447 g/mol. The van der Waals surface area contributed by atoms with Crippen molar-refractivity contribution in [2.24, 2.45) is 0 Å². The molecule has 2 N–H and O–H groups in total. The Morgan fingerprint density at radius 1 is 1.29 bits per heavy atom. The van der Waals surface area contributed by atoms with Gasteiger partial charge in [-0.25, -0.2) is 0 Å². The first kappa shape index (κ1) is 20.1. The number of furan rings is 1. The van der Waals surface area contributed by atoms with Gasteiger partial charge in [0.25, 0.3) is 5.91 Å². The topological polar surface area (TPSA) is 91.7 Å². The highest BCUT2D eigenvalue weighted by atomic mass is 79.9. The summed E-state index contributed by atoms with van der Waals surface area (Å²) in [5, 5.41) is 5.61. The predicted molar refractivity (Wildman–Crippen MR) is 108 cm³/mol. The average Bonchev–Trinajstić information content (AvgIpc) is 3.36. The number of likely N-dealkylation sites (tertiary alicyclic amines) is 1. The van der Waals surface area contributed by atoms with E-state index in [0.29, 0.717) is 13.0 Å². The number of anilines is 1. The number of nitrogens with zero attached hydrogens (tertiary/aromatic N) is 1. The summed E-state index contributed by atoms with van der Waals surface area (Å²) < 4.78 is 6.02. The van der Waals surface area contributed by atoms with Gasteiger partial charge in [0.05, 0.1) is 6.26 Å². The van der Waals surface area contributed by atoms with E-state index in [1.807, 2.05) is 25.1 Å². The Bertz CT molecular complexity index is 866. The number of rotatable bonds is 6. The van der Waals surface area contributed by atoms with Crippen LogP contribution in [-0.4, -0.2) is 41.8 Å².